The molecule has 0 atom stereocenters. The van der Waals surface area contributed by atoms with Crippen molar-refractivity contribution in [3.8, 4) is 0 Å². The number of ether oxygens (including phenoxy) is 1. The number of hydrogen-bond donors (Lipinski definition) is 1. The molecule has 6 heteroatoms. The Bertz CT molecular complexity index is 1190. The van der Waals surface area contributed by atoms with Crippen LogP contribution in [0.3, 0.4) is 0 Å². The maximum absolute atomic E-state index is 13.3. The highest BCUT2D eigenvalue weighted by atomic mass is 16.5. The number of benzene rings is 2. The van der Waals surface area contributed by atoms with Crippen LogP contribution in [0.4, 0.5) is 5.69 Å². The Hall–Kier alpha value is -3.38. The number of hydrogen-bond acceptors (Lipinski definition) is 4. The van der Waals surface area contributed by atoms with Gasteiger partial charge in [0.15, 0.2) is 0 Å². The predicted molar refractivity (Wildman–Crippen MR) is 143 cm³/mol. The Morgan fingerprint density at radius 2 is 1.80 bits per heavy atom. The monoisotopic (exact) mass is 475 g/mol. The number of aryl methyl sites for hydroxylation is 1. The molecule has 2 aromatic carbocycles. The summed E-state index contributed by atoms with van der Waals surface area (Å²) < 4.78 is 7.39. The van der Waals surface area contributed by atoms with Crippen molar-refractivity contribution in [2.75, 3.05) is 31.6 Å². The van der Waals surface area contributed by atoms with Gasteiger partial charge in [0.25, 0.3) is 5.91 Å². The number of allylic oxidation sites excluding steroid dienone is 1. The molecule has 1 heterocycles. The smallest absolute Gasteiger partial charge is 0.338 e. The van der Waals surface area contributed by atoms with Crippen LogP contribution < -0.4 is 5.32 Å². The molecule has 3 aromatic rings. The number of aromatic nitrogens is 1. The number of esters is 1. The normalized spacial score (nSPS) is 11.3. The van der Waals surface area contributed by atoms with Gasteiger partial charge < -0.3 is 19.5 Å². The van der Waals surface area contributed by atoms with E-state index in [1.54, 1.807) is 30.3 Å². The van der Waals surface area contributed by atoms with Crippen LogP contribution in [-0.2, 0) is 11.3 Å². The van der Waals surface area contributed by atoms with Crippen LogP contribution in [0.1, 0.15) is 65.6 Å². The van der Waals surface area contributed by atoms with Gasteiger partial charge in [-0.05, 0) is 73.5 Å². The van der Waals surface area contributed by atoms with Gasteiger partial charge >= 0.3 is 5.97 Å². The molecule has 1 aromatic heterocycles. The molecule has 3 rings (SSSR count). The molecule has 0 unspecified atom stereocenters. The van der Waals surface area contributed by atoms with Crippen molar-refractivity contribution < 1.29 is 14.3 Å². The molecule has 0 spiro atoms. The summed E-state index contributed by atoms with van der Waals surface area (Å²) in [5.74, 6) is -0.152. The Morgan fingerprint density at radius 3 is 2.40 bits per heavy atom. The van der Waals surface area contributed by atoms with Crippen LogP contribution in [0.25, 0.3) is 10.9 Å². The summed E-state index contributed by atoms with van der Waals surface area (Å²) >= 11 is 0. The minimum absolute atomic E-state index is 0.193. The topological polar surface area (TPSA) is 63.6 Å². The molecule has 1 N–H and O–H groups in total. The lowest BCUT2D eigenvalue weighted by Crippen LogP contribution is -2.27. The number of nitrogens with zero attached hydrogens (tertiary/aromatic N) is 2. The molecule has 0 saturated carbocycles. The van der Waals surface area contributed by atoms with Gasteiger partial charge in [-0.1, -0.05) is 39.8 Å². The van der Waals surface area contributed by atoms with E-state index in [1.165, 1.54) is 5.56 Å². The van der Waals surface area contributed by atoms with Crippen LogP contribution in [0.15, 0.2) is 55.1 Å². The lowest BCUT2D eigenvalue weighted by Gasteiger charge is -2.17. The minimum Gasteiger partial charge on any atom is -0.461 e. The van der Waals surface area contributed by atoms with Gasteiger partial charge in [0, 0.05) is 29.7 Å². The van der Waals surface area contributed by atoms with Gasteiger partial charge in [0.1, 0.15) is 12.3 Å². The summed E-state index contributed by atoms with van der Waals surface area (Å²) in [4.78, 5) is 27.9. The van der Waals surface area contributed by atoms with Gasteiger partial charge in [0.2, 0.25) is 0 Å². The Labute approximate surface area is 208 Å². The second-order valence-corrected chi connectivity index (χ2v) is 9.00. The summed E-state index contributed by atoms with van der Waals surface area (Å²) in [7, 11) is 0. The maximum Gasteiger partial charge on any atom is 0.338 e. The van der Waals surface area contributed by atoms with E-state index in [0.29, 0.717) is 42.6 Å². The first-order chi connectivity index (χ1) is 16.8. The molecule has 186 valence electrons. The third kappa shape index (κ3) is 6.01. The van der Waals surface area contributed by atoms with Gasteiger partial charge in [-0.2, -0.15) is 0 Å². The number of likely N-dealkylation sites (N-methyl/N-ethyl adjacent to an activating group) is 1. The van der Waals surface area contributed by atoms with E-state index in [9.17, 15) is 9.59 Å². The van der Waals surface area contributed by atoms with Gasteiger partial charge in [-0.25, -0.2) is 4.79 Å². The zero-order chi connectivity index (χ0) is 25.5. The molecular formula is C29H37N3O3. The van der Waals surface area contributed by atoms with Crippen molar-refractivity contribution in [3.63, 3.8) is 0 Å². The first-order valence-electron chi connectivity index (χ1n) is 12.3. The zero-order valence-corrected chi connectivity index (χ0v) is 21.6. The second kappa shape index (κ2) is 11.8. The molecule has 0 fully saturated rings. The molecule has 0 bridgehead atoms. The van der Waals surface area contributed by atoms with Crippen molar-refractivity contribution in [2.45, 2.75) is 47.1 Å². The van der Waals surface area contributed by atoms with E-state index in [1.807, 2.05) is 11.5 Å². The largest absolute Gasteiger partial charge is 0.461 e. The van der Waals surface area contributed by atoms with Gasteiger partial charge in [-0.15, -0.1) is 6.58 Å². The highest BCUT2D eigenvalue weighted by Crippen LogP contribution is 2.30. The third-order valence-corrected chi connectivity index (χ3v) is 6.45. The fourth-order valence-corrected chi connectivity index (χ4v) is 4.28. The molecule has 0 saturated heterocycles. The molecule has 1 amide bonds. The van der Waals surface area contributed by atoms with E-state index in [-0.39, 0.29) is 11.9 Å². The average Bonchev–Trinajstić information content (AvgIpc) is 3.13. The quantitative estimate of drug-likeness (QED) is 0.272. The molecule has 35 heavy (non-hydrogen) atoms. The molecule has 0 radical (unpaired) electrons. The van der Waals surface area contributed by atoms with Crippen molar-refractivity contribution in [2.24, 2.45) is 0 Å². The third-order valence-electron chi connectivity index (χ3n) is 6.45. The van der Waals surface area contributed by atoms with Gasteiger partial charge in [0.05, 0.1) is 5.56 Å². The fraction of sp³-hybridized carbons (Fsp3) is 0.379. The van der Waals surface area contributed by atoms with Crippen LogP contribution in [0, 0.1) is 6.92 Å². The van der Waals surface area contributed by atoms with E-state index in [0.717, 1.165) is 29.6 Å². The number of carbonyl (C=O) groups excluding carboxylic acids is 2. The lowest BCUT2D eigenvalue weighted by atomic mass is 10.0. The molecule has 0 aliphatic carbocycles. The number of amides is 1. The summed E-state index contributed by atoms with van der Waals surface area (Å²) in [6, 6.07) is 13.2. The summed E-state index contributed by atoms with van der Waals surface area (Å²) in [5, 5.41) is 4.06. The predicted octanol–water partition coefficient (Wildman–Crippen LogP) is 6.01. The minimum atomic E-state index is -0.363. The van der Waals surface area contributed by atoms with E-state index in [4.69, 9.17) is 4.74 Å². The summed E-state index contributed by atoms with van der Waals surface area (Å²) in [6.45, 7) is 17.8. The number of fused-ring (bicyclic) bond motifs is 1. The van der Waals surface area contributed by atoms with Crippen LogP contribution >= 0.6 is 0 Å². The van der Waals surface area contributed by atoms with Crippen LogP contribution in [0.2, 0.25) is 0 Å². The van der Waals surface area contributed by atoms with E-state index < -0.39 is 0 Å². The average molecular weight is 476 g/mol. The van der Waals surface area contributed by atoms with E-state index in [2.05, 4.69) is 62.7 Å². The maximum atomic E-state index is 13.3. The fourth-order valence-electron chi connectivity index (χ4n) is 4.28. The molecule has 6 nitrogen and oxygen atoms in total. The number of carbonyl (C=O) groups is 2. The summed E-state index contributed by atoms with van der Waals surface area (Å²) in [6.07, 6.45) is 1.80. The number of nitrogens with one attached hydrogen (secondary N) is 1. The van der Waals surface area contributed by atoms with Crippen molar-refractivity contribution in [3.05, 3.63) is 77.5 Å². The van der Waals surface area contributed by atoms with Crippen molar-refractivity contribution in [1.29, 1.82) is 0 Å². The standard InChI is InChI=1S/C29H37N3O3/c1-7-16-32-26-15-12-23(20(4)5)19-25(26)21(6)27(32)28(33)30-24-13-10-22(11-14-24)29(34)35-18-17-31(8-2)9-3/h7,10-15,19-20H,1,8-9,16-18H2,2-6H3,(H,30,33). The number of anilines is 1. The molecule has 0 aliphatic rings. The first-order valence-corrected chi connectivity index (χ1v) is 12.3. The zero-order valence-electron chi connectivity index (χ0n) is 21.6. The Kier molecular flexibility index (Phi) is 8.88. The first kappa shape index (κ1) is 26.2. The highest BCUT2D eigenvalue weighted by Gasteiger charge is 2.21. The number of rotatable bonds is 11. The molecule has 0 aliphatic heterocycles. The Balaban J connectivity index is 1.76. The van der Waals surface area contributed by atoms with Crippen molar-refractivity contribution in [1.82, 2.24) is 9.47 Å². The molecular weight excluding hydrogens is 438 g/mol. The summed E-state index contributed by atoms with van der Waals surface area (Å²) in [5.41, 5.74) is 4.88. The van der Waals surface area contributed by atoms with Crippen LogP contribution in [-0.4, -0.2) is 47.6 Å². The lowest BCUT2D eigenvalue weighted by molar-refractivity contribution is 0.0466. The van der Waals surface area contributed by atoms with Crippen LogP contribution in [0.5, 0.6) is 0 Å². The van der Waals surface area contributed by atoms with Gasteiger partial charge in [-0.3, -0.25) is 4.79 Å². The van der Waals surface area contributed by atoms with Crippen molar-refractivity contribution >= 4 is 28.5 Å². The SMILES string of the molecule is C=CCn1c(C(=O)Nc2ccc(C(=O)OCCN(CC)CC)cc2)c(C)c2cc(C(C)C)ccc21. The highest BCUT2D eigenvalue weighted by molar-refractivity contribution is 6.08. The van der Waals surface area contributed by atoms with E-state index >= 15 is 0 Å². The second-order valence-electron chi connectivity index (χ2n) is 9.00. The Morgan fingerprint density at radius 1 is 1.11 bits per heavy atom.